The zero-order valence-corrected chi connectivity index (χ0v) is 15.8. The van der Waals surface area contributed by atoms with E-state index < -0.39 is 0 Å². The molecule has 2 aromatic carbocycles. The molecule has 0 saturated carbocycles. The summed E-state index contributed by atoms with van der Waals surface area (Å²) in [5.74, 6) is 0.215. The van der Waals surface area contributed by atoms with Crippen LogP contribution < -0.4 is 0 Å². The third-order valence-corrected chi connectivity index (χ3v) is 5.70. The van der Waals surface area contributed by atoms with Crippen LogP contribution in [-0.2, 0) is 9.47 Å². The summed E-state index contributed by atoms with van der Waals surface area (Å²) >= 11 is 1.68. The largest absolute Gasteiger partial charge is 0.461 e. The average molecular weight is 370 g/mol. The molecule has 0 bridgehead atoms. The van der Waals surface area contributed by atoms with Crippen LogP contribution in [0.5, 0.6) is 0 Å². The molecule has 1 heterocycles. The molecule has 0 spiro atoms. The first kappa shape index (κ1) is 18.5. The Morgan fingerprint density at radius 2 is 1.46 bits per heavy atom. The van der Waals surface area contributed by atoms with E-state index in [9.17, 15) is 9.59 Å². The summed E-state index contributed by atoms with van der Waals surface area (Å²) in [6.07, 6.45) is 0.536. The van der Waals surface area contributed by atoms with Crippen molar-refractivity contribution in [2.45, 2.75) is 31.6 Å². The number of thioether (sulfide) groups is 1. The zero-order chi connectivity index (χ0) is 18.5. The number of rotatable bonds is 5. The van der Waals surface area contributed by atoms with Gasteiger partial charge in [-0.1, -0.05) is 35.4 Å². The number of esters is 2. The summed E-state index contributed by atoms with van der Waals surface area (Å²) in [5.41, 5.74) is 3.27. The van der Waals surface area contributed by atoms with E-state index in [4.69, 9.17) is 9.47 Å². The van der Waals surface area contributed by atoms with E-state index >= 15 is 0 Å². The molecule has 0 radical (unpaired) electrons. The molecule has 1 aliphatic rings. The second-order valence-corrected chi connectivity index (χ2v) is 7.82. The number of ether oxygens (including phenoxy) is 2. The van der Waals surface area contributed by atoms with E-state index in [1.165, 1.54) is 0 Å². The zero-order valence-electron chi connectivity index (χ0n) is 14.9. The average Bonchev–Trinajstić information content (AvgIpc) is 3.08. The number of benzene rings is 2. The van der Waals surface area contributed by atoms with Gasteiger partial charge in [0.05, 0.1) is 16.4 Å². The molecule has 2 aromatic rings. The highest BCUT2D eigenvalue weighted by molar-refractivity contribution is 8.00. The van der Waals surface area contributed by atoms with Crippen LogP contribution in [0, 0.1) is 13.8 Å². The molecule has 1 aliphatic heterocycles. The quantitative estimate of drug-likeness (QED) is 0.739. The molecule has 3 rings (SSSR count). The second-order valence-electron chi connectivity index (χ2n) is 6.47. The highest BCUT2D eigenvalue weighted by Crippen LogP contribution is 2.30. The first-order chi connectivity index (χ1) is 12.5. The van der Waals surface area contributed by atoms with E-state index in [1.54, 1.807) is 36.0 Å². The Hall–Kier alpha value is -2.27. The minimum Gasteiger partial charge on any atom is -0.461 e. The third-order valence-electron chi connectivity index (χ3n) is 4.36. The van der Waals surface area contributed by atoms with Gasteiger partial charge in [-0.25, -0.2) is 9.59 Å². The number of aryl methyl sites for hydroxylation is 2. The fraction of sp³-hybridized carbons (Fsp3) is 0.333. The first-order valence-electron chi connectivity index (χ1n) is 8.66. The molecule has 0 amide bonds. The SMILES string of the molecule is Cc1ccc(C(=O)OC[C@@H]2SCC[C@@H]2OC(=O)c2ccc(C)cc2)cc1. The smallest absolute Gasteiger partial charge is 0.338 e. The van der Waals surface area contributed by atoms with Gasteiger partial charge >= 0.3 is 11.9 Å². The first-order valence-corrected chi connectivity index (χ1v) is 9.71. The molecule has 26 heavy (non-hydrogen) atoms. The topological polar surface area (TPSA) is 52.6 Å². The monoisotopic (exact) mass is 370 g/mol. The van der Waals surface area contributed by atoms with Crippen LogP contribution in [0.25, 0.3) is 0 Å². The van der Waals surface area contributed by atoms with Crippen LogP contribution in [-0.4, -0.2) is 35.7 Å². The van der Waals surface area contributed by atoms with E-state index in [-0.39, 0.29) is 29.9 Å². The number of carbonyl (C=O) groups is 2. The van der Waals surface area contributed by atoms with Crippen molar-refractivity contribution < 1.29 is 19.1 Å². The summed E-state index contributed by atoms with van der Waals surface area (Å²) in [6, 6.07) is 14.6. The molecule has 1 fully saturated rings. The number of hydrogen-bond acceptors (Lipinski definition) is 5. The Morgan fingerprint density at radius 3 is 2.04 bits per heavy atom. The fourth-order valence-electron chi connectivity index (χ4n) is 2.75. The van der Waals surface area contributed by atoms with Crippen LogP contribution >= 0.6 is 11.8 Å². The van der Waals surface area contributed by atoms with Crippen molar-refractivity contribution in [1.29, 1.82) is 0 Å². The Kier molecular flexibility index (Phi) is 5.99. The molecule has 0 aliphatic carbocycles. The Morgan fingerprint density at radius 1 is 0.923 bits per heavy atom. The standard InChI is InChI=1S/C21H22O4S/c1-14-3-7-16(8-4-14)20(22)24-13-19-18(11-12-26-19)25-21(23)17-9-5-15(2)6-10-17/h3-10,18-19H,11-13H2,1-2H3/t18-,19-/m0/s1. The van der Waals surface area contributed by atoms with Crippen molar-refractivity contribution in [2.24, 2.45) is 0 Å². The molecule has 4 nitrogen and oxygen atoms in total. The maximum Gasteiger partial charge on any atom is 0.338 e. The summed E-state index contributed by atoms with van der Waals surface area (Å²) in [6.45, 7) is 4.18. The minimum absolute atomic E-state index is 0.0289. The highest BCUT2D eigenvalue weighted by atomic mass is 32.2. The van der Waals surface area contributed by atoms with Gasteiger partial charge in [-0.15, -0.1) is 0 Å². The van der Waals surface area contributed by atoms with Crippen molar-refractivity contribution in [3.63, 3.8) is 0 Å². The predicted octanol–water partition coefficient (Wildman–Crippen LogP) is 4.19. The van der Waals surface area contributed by atoms with Gasteiger partial charge in [-0.3, -0.25) is 0 Å². The van der Waals surface area contributed by atoms with E-state index in [2.05, 4.69) is 0 Å². The van der Waals surface area contributed by atoms with Crippen molar-refractivity contribution in [3.05, 3.63) is 70.8 Å². The van der Waals surface area contributed by atoms with Gasteiger partial charge in [0, 0.05) is 0 Å². The van der Waals surface area contributed by atoms with Crippen molar-refractivity contribution in [3.8, 4) is 0 Å². The van der Waals surface area contributed by atoms with Gasteiger partial charge in [-0.05, 0) is 50.3 Å². The molecule has 1 saturated heterocycles. The lowest BCUT2D eigenvalue weighted by Crippen LogP contribution is -2.29. The van der Waals surface area contributed by atoms with E-state index in [0.29, 0.717) is 11.1 Å². The fourth-order valence-corrected chi connectivity index (χ4v) is 3.99. The third kappa shape index (κ3) is 4.67. The Balaban J connectivity index is 1.54. The van der Waals surface area contributed by atoms with Crippen LogP contribution in [0.1, 0.15) is 38.3 Å². The Bertz CT molecular complexity index is 768. The van der Waals surface area contributed by atoms with Crippen molar-refractivity contribution in [1.82, 2.24) is 0 Å². The molecule has 0 aromatic heterocycles. The maximum atomic E-state index is 12.3. The van der Waals surface area contributed by atoms with Crippen LogP contribution in [0.4, 0.5) is 0 Å². The van der Waals surface area contributed by atoms with Crippen LogP contribution in [0.15, 0.2) is 48.5 Å². The number of carbonyl (C=O) groups excluding carboxylic acids is 2. The molecular weight excluding hydrogens is 348 g/mol. The molecule has 2 atom stereocenters. The summed E-state index contributed by atoms with van der Waals surface area (Å²) in [5, 5.41) is -0.0289. The molecule has 136 valence electrons. The predicted molar refractivity (Wildman–Crippen MR) is 103 cm³/mol. The number of hydrogen-bond donors (Lipinski definition) is 0. The van der Waals surface area contributed by atoms with Crippen molar-refractivity contribution >= 4 is 23.7 Å². The van der Waals surface area contributed by atoms with Gasteiger partial charge in [0.2, 0.25) is 0 Å². The Labute approximate surface area is 157 Å². The molecule has 0 N–H and O–H groups in total. The van der Waals surface area contributed by atoms with Crippen LogP contribution in [0.2, 0.25) is 0 Å². The van der Waals surface area contributed by atoms with Crippen molar-refractivity contribution in [2.75, 3.05) is 12.4 Å². The molecule has 5 heteroatoms. The lowest BCUT2D eigenvalue weighted by molar-refractivity contribution is 0.0221. The van der Waals surface area contributed by atoms with Gasteiger partial charge in [0.15, 0.2) is 0 Å². The highest BCUT2D eigenvalue weighted by Gasteiger charge is 2.32. The second kappa shape index (κ2) is 8.41. The molecule has 0 unspecified atom stereocenters. The van der Waals surface area contributed by atoms with E-state index in [1.807, 2.05) is 38.1 Å². The summed E-state index contributed by atoms with van der Waals surface area (Å²) in [7, 11) is 0. The normalized spacial score (nSPS) is 19.2. The van der Waals surface area contributed by atoms with Gasteiger partial charge in [0.1, 0.15) is 12.7 Å². The van der Waals surface area contributed by atoms with E-state index in [0.717, 1.165) is 23.3 Å². The van der Waals surface area contributed by atoms with Gasteiger partial charge in [0.25, 0.3) is 0 Å². The summed E-state index contributed by atoms with van der Waals surface area (Å²) < 4.78 is 11.1. The molecular formula is C21H22O4S. The lowest BCUT2D eigenvalue weighted by Gasteiger charge is -2.19. The minimum atomic E-state index is -0.346. The summed E-state index contributed by atoms with van der Waals surface area (Å²) in [4.78, 5) is 24.5. The maximum absolute atomic E-state index is 12.3. The van der Waals surface area contributed by atoms with Gasteiger partial charge < -0.3 is 9.47 Å². The lowest BCUT2D eigenvalue weighted by atomic mass is 10.1. The van der Waals surface area contributed by atoms with Gasteiger partial charge in [-0.2, -0.15) is 11.8 Å². The van der Waals surface area contributed by atoms with Crippen LogP contribution in [0.3, 0.4) is 0 Å².